The molecule has 0 spiro atoms. The molecule has 2 amide bonds. The average Bonchev–Trinajstić information content (AvgIpc) is 3.22. The Morgan fingerprint density at radius 3 is 2.50 bits per heavy atom. The van der Waals surface area contributed by atoms with Gasteiger partial charge in [0.2, 0.25) is 5.91 Å². The summed E-state index contributed by atoms with van der Waals surface area (Å²) in [6, 6.07) is 10.3. The summed E-state index contributed by atoms with van der Waals surface area (Å²) in [5.41, 5.74) is 1.27. The van der Waals surface area contributed by atoms with Crippen LogP contribution in [-0.2, 0) is 4.79 Å². The molecule has 0 radical (unpaired) electrons. The maximum atomic E-state index is 12.1. The molecule has 0 atom stereocenters. The number of carbonyl (C=O) groups excluding carboxylic acids is 2. The van der Waals surface area contributed by atoms with Crippen LogP contribution in [0, 0.1) is 5.92 Å². The Hall–Kier alpha value is -2.67. The van der Waals surface area contributed by atoms with Gasteiger partial charge in [0.15, 0.2) is 10.9 Å². The van der Waals surface area contributed by atoms with Crippen LogP contribution in [0.3, 0.4) is 0 Å². The fourth-order valence-electron chi connectivity index (χ4n) is 3.44. The van der Waals surface area contributed by atoms with E-state index in [1.807, 2.05) is 6.07 Å². The molecule has 1 saturated carbocycles. The maximum Gasteiger partial charge on any atom is 0.291 e. The SMILES string of the molecule is O=C(CCC1CCCCC1)NC(=S)Nc1cccc(NC(=O)c2ccco2)c1. The smallest absolute Gasteiger partial charge is 0.291 e. The number of thiocarbonyl (C=S) groups is 1. The quantitative estimate of drug-likeness (QED) is 0.613. The van der Waals surface area contributed by atoms with Crippen molar-refractivity contribution in [2.24, 2.45) is 5.92 Å². The van der Waals surface area contributed by atoms with Crippen molar-refractivity contribution in [1.82, 2.24) is 5.32 Å². The first kappa shape index (κ1) is 20.1. The first-order valence-electron chi connectivity index (χ1n) is 9.66. The van der Waals surface area contributed by atoms with Gasteiger partial charge in [0.1, 0.15) is 0 Å². The second-order valence-electron chi connectivity index (χ2n) is 7.06. The summed E-state index contributed by atoms with van der Waals surface area (Å²) in [5.74, 6) is 0.501. The van der Waals surface area contributed by atoms with Gasteiger partial charge in [0.05, 0.1) is 6.26 Å². The lowest BCUT2D eigenvalue weighted by atomic mass is 9.86. The molecule has 0 saturated heterocycles. The van der Waals surface area contributed by atoms with Crippen LogP contribution in [0.2, 0.25) is 0 Å². The van der Waals surface area contributed by atoms with Gasteiger partial charge in [0.25, 0.3) is 5.91 Å². The number of furan rings is 1. The predicted octanol–water partition coefficient (Wildman–Crippen LogP) is 4.71. The molecule has 1 aliphatic rings. The van der Waals surface area contributed by atoms with Gasteiger partial charge in [-0.3, -0.25) is 9.59 Å². The molecule has 1 aromatic carbocycles. The summed E-state index contributed by atoms with van der Waals surface area (Å²) in [6.45, 7) is 0. The molecular weight excluding hydrogens is 374 g/mol. The number of hydrogen-bond acceptors (Lipinski definition) is 4. The molecule has 0 aliphatic heterocycles. The minimum Gasteiger partial charge on any atom is -0.459 e. The molecule has 148 valence electrons. The van der Waals surface area contributed by atoms with Crippen LogP contribution < -0.4 is 16.0 Å². The van der Waals surface area contributed by atoms with E-state index < -0.39 is 0 Å². The van der Waals surface area contributed by atoms with Gasteiger partial charge < -0.3 is 20.4 Å². The summed E-state index contributed by atoms with van der Waals surface area (Å²) in [7, 11) is 0. The highest BCUT2D eigenvalue weighted by molar-refractivity contribution is 7.80. The number of amides is 2. The van der Waals surface area contributed by atoms with Gasteiger partial charge in [-0.2, -0.15) is 0 Å². The molecule has 1 fully saturated rings. The van der Waals surface area contributed by atoms with Crippen molar-refractivity contribution in [3.05, 3.63) is 48.4 Å². The summed E-state index contributed by atoms with van der Waals surface area (Å²) < 4.78 is 5.08. The summed E-state index contributed by atoms with van der Waals surface area (Å²) in [5, 5.41) is 8.72. The van der Waals surface area contributed by atoms with E-state index in [2.05, 4.69) is 16.0 Å². The lowest BCUT2D eigenvalue weighted by Gasteiger charge is -2.21. The van der Waals surface area contributed by atoms with Crippen LogP contribution in [0.15, 0.2) is 47.1 Å². The van der Waals surface area contributed by atoms with Gasteiger partial charge in [-0.25, -0.2) is 0 Å². The Bertz CT molecular complexity index is 814. The Kier molecular flexibility index (Phi) is 7.19. The molecule has 1 heterocycles. The van der Waals surface area contributed by atoms with E-state index >= 15 is 0 Å². The van der Waals surface area contributed by atoms with Crippen molar-refractivity contribution < 1.29 is 14.0 Å². The predicted molar refractivity (Wildman–Crippen MR) is 113 cm³/mol. The fourth-order valence-corrected chi connectivity index (χ4v) is 3.67. The number of anilines is 2. The summed E-state index contributed by atoms with van der Waals surface area (Å²) >= 11 is 5.23. The number of benzene rings is 1. The van der Waals surface area contributed by atoms with Crippen molar-refractivity contribution in [2.45, 2.75) is 44.9 Å². The molecule has 6 nitrogen and oxygen atoms in total. The van der Waals surface area contributed by atoms with E-state index in [0.717, 1.165) is 6.42 Å². The second-order valence-corrected chi connectivity index (χ2v) is 7.47. The normalized spacial score (nSPS) is 14.3. The highest BCUT2D eigenvalue weighted by atomic mass is 32.1. The van der Waals surface area contributed by atoms with Gasteiger partial charge in [-0.15, -0.1) is 0 Å². The molecule has 3 rings (SSSR count). The summed E-state index contributed by atoms with van der Waals surface area (Å²) in [4.78, 5) is 24.2. The van der Waals surface area contributed by atoms with Gasteiger partial charge in [-0.1, -0.05) is 38.2 Å². The van der Waals surface area contributed by atoms with E-state index in [1.54, 1.807) is 30.3 Å². The molecular formula is C21H25N3O3S. The third kappa shape index (κ3) is 6.20. The van der Waals surface area contributed by atoms with Crippen molar-refractivity contribution in [1.29, 1.82) is 0 Å². The van der Waals surface area contributed by atoms with E-state index in [-0.39, 0.29) is 22.7 Å². The zero-order valence-corrected chi connectivity index (χ0v) is 16.5. The lowest BCUT2D eigenvalue weighted by molar-refractivity contribution is -0.120. The monoisotopic (exact) mass is 399 g/mol. The number of hydrogen-bond donors (Lipinski definition) is 3. The van der Waals surface area contributed by atoms with E-state index in [9.17, 15) is 9.59 Å². The molecule has 0 unspecified atom stereocenters. The first-order valence-corrected chi connectivity index (χ1v) is 10.1. The van der Waals surface area contributed by atoms with E-state index in [0.29, 0.717) is 23.7 Å². The third-order valence-corrected chi connectivity index (χ3v) is 5.08. The van der Waals surface area contributed by atoms with Crippen LogP contribution in [0.4, 0.5) is 11.4 Å². The van der Waals surface area contributed by atoms with Crippen LogP contribution >= 0.6 is 12.2 Å². The lowest BCUT2D eigenvalue weighted by Crippen LogP contribution is -2.34. The van der Waals surface area contributed by atoms with Crippen LogP contribution in [0.1, 0.15) is 55.5 Å². The molecule has 0 bridgehead atoms. The molecule has 7 heteroatoms. The minimum atomic E-state index is -0.333. The number of rotatable bonds is 6. The number of nitrogens with one attached hydrogen (secondary N) is 3. The first-order chi connectivity index (χ1) is 13.6. The van der Waals surface area contributed by atoms with Gasteiger partial charge in [-0.05, 0) is 54.9 Å². The van der Waals surface area contributed by atoms with E-state index in [1.165, 1.54) is 38.4 Å². The largest absolute Gasteiger partial charge is 0.459 e. The Morgan fingerprint density at radius 2 is 1.79 bits per heavy atom. The highest BCUT2D eigenvalue weighted by Crippen LogP contribution is 2.27. The molecule has 28 heavy (non-hydrogen) atoms. The maximum absolute atomic E-state index is 12.1. The molecule has 2 aromatic rings. The molecule has 1 aromatic heterocycles. The van der Waals surface area contributed by atoms with Gasteiger partial charge >= 0.3 is 0 Å². The third-order valence-electron chi connectivity index (χ3n) is 4.88. The van der Waals surface area contributed by atoms with Crippen molar-refractivity contribution in [2.75, 3.05) is 10.6 Å². The van der Waals surface area contributed by atoms with E-state index in [4.69, 9.17) is 16.6 Å². The Labute approximate surface area is 170 Å². The second kappa shape index (κ2) is 10.0. The summed E-state index contributed by atoms with van der Waals surface area (Å²) in [6.07, 6.45) is 9.19. The van der Waals surface area contributed by atoms with Crippen molar-refractivity contribution >= 4 is 40.5 Å². The number of carbonyl (C=O) groups is 2. The Balaban J connectivity index is 1.45. The Morgan fingerprint density at radius 1 is 1.04 bits per heavy atom. The zero-order valence-electron chi connectivity index (χ0n) is 15.7. The van der Waals surface area contributed by atoms with Gasteiger partial charge in [0, 0.05) is 17.8 Å². The van der Waals surface area contributed by atoms with Crippen molar-refractivity contribution in [3.8, 4) is 0 Å². The van der Waals surface area contributed by atoms with Crippen LogP contribution in [-0.4, -0.2) is 16.9 Å². The molecule has 1 aliphatic carbocycles. The fraction of sp³-hybridized carbons (Fsp3) is 0.381. The minimum absolute atomic E-state index is 0.0645. The van der Waals surface area contributed by atoms with Crippen LogP contribution in [0.5, 0.6) is 0 Å². The highest BCUT2D eigenvalue weighted by Gasteiger charge is 2.15. The van der Waals surface area contributed by atoms with Crippen molar-refractivity contribution in [3.63, 3.8) is 0 Å². The topological polar surface area (TPSA) is 83.4 Å². The average molecular weight is 400 g/mol. The molecule has 3 N–H and O–H groups in total. The van der Waals surface area contributed by atoms with Crippen LogP contribution in [0.25, 0.3) is 0 Å². The zero-order chi connectivity index (χ0) is 19.8. The standard InChI is InChI=1S/C21H25N3O3S/c25-19(12-11-15-6-2-1-3-7-15)24-21(28)23-17-9-4-8-16(14-17)22-20(26)18-10-5-13-27-18/h4-5,8-10,13-15H,1-3,6-7,11-12H2,(H,22,26)(H2,23,24,25,28).